The first-order chi connectivity index (χ1) is 47.1. The van der Waals surface area contributed by atoms with Crippen molar-refractivity contribution in [2.24, 2.45) is 17.8 Å². The summed E-state index contributed by atoms with van der Waals surface area (Å²) in [6.07, 6.45) is 8.28. The van der Waals surface area contributed by atoms with Crippen LogP contribution in [0, 0.1) is 17.8 Å². The van der Waals surface area contributed by atoms with Crippen LogP contribution in [0.3, 0.4) is 0 Å². The van der Waals surface area contributed by atoms with E-state index in [0.29, 0.717) is 104 Å². The zero-order chi connectivity index (χ0) is 66.6. The number of hydrogen-bond acceptors (Lipinski definition) is 16. The number of fused-ring (bicyclic) bond motifs is 4. The highest BCUT2D eigenvalue weighted by Gasteiger charge is 2.54. The topological polar surface area (TPSA) is 210 Å². The molecule has 3 aliphatic carbocycles. The van der Waals surface area contributed by atoms with E-state index in [1.165, 1.54) is 17.2 Å². The van der Waals surface area contributed by atoms with Crippen LogP contribution in [0.25, 0.3) is 44.2 Å². The van der Waals surface area contributed by atoms with Gasteiger partial charge in [-0.1, -0.05) is 161 Å². The monoisotopic (exact) mass is 1380 g/mol. The van der Waals surface area contributed by atoms with Crippen LogP contribution in [0.15, 0.2) is 112 Å². The highest BCUT2D eigenvalue weighted by atomic mass is 33.1. The molecule has 0 radical (unpaired) electrons. The average Bonchev–Trinajstić information content (AvgIpc) is 0.868. The van der Waals surface area contributed by atoms with Crippen LogP contribution in [0.5, 0.6) is 23.0 Å². The van der Waals surface area contributed by atoms with Gasteiger partial charge in [-0.15, -0.1) is 0 Å². The van der Waals surface area contributed by atoms with Crippen LogP contribution in [0.2, 0.25) is 0 Å². The molecule has 10 atom stereocenters. The third-order valence-electron chi connectivity index (χ3n) is 23.4. The molecule has 14 aliphatic rings. The lowest BCUT2D eigenvalue weighted by Gasteiger charge is -2.49. The highest BCUT2D eigenvalue weighted by Crippen LogP contribution is 2.64. The number of aromatic hydroxyl groups is 3. The van der Waals surface area contributed by atoms with E-state index >= 15 is 9.59 Å². The van der Waals surface area contributed by atoms with E-state index in [0.717, 1.165) is 112 Å². The van der Waals surface area contributed by atoms with E-state index in [4.69, 9.17) is 9.15 Å². The number of carbonyl (C=O) groups is 1. The van der Waals surface area contributed by atoms with Crippen molar-refractivity contribution in [2.45, 2.75) is 187 Å². The minimum Gasteiger partial charge on any atom is -0.507 e. The number of aliphatic hydroxyl groups excluding tert-OH is 4. The van der Waals surface area contributed by atoms with Crippen molar-refractivity contribution in [3.63, 3.8) is 0 Å². The summed E-state index contributed by atoms with van der Waals surface area (Å²) in [5.41, 5.74) is 12.1. The molecule has 10 unspecified atom stereocenters. The first-order valence-corrected chi connectivity index (χ1v) is 40.3. The zero-order valence-corrected chi connectivity index (χ0v) is 58.5. The summed E-state index contributed by atoms with van der Waals surface area (Å²) in [6, 6.07) is 36.0. The number of aliphatic hydroxyl groups is 4. The number of carbonyl (C=O) groups excluding carboxylic acids is 1. The van der Waals surface area contributed by atoms with Gasteiger partial charge in [-0.2, -0.15) is 0 Å². The maximum Gasteiger partial charge on any atom is 0.238 e. The summed E-state index contributed by atoms with van der Waals surface area (Å²) in [5, 5.41) is 93.1. The Kier molecular flexibility index (Phi) is 18.0. The highest BCUT2D eigenvalue weighted by molar-refractivity contribution is 8.77. The van der Waals surface area contributed by atoms with E-state index in [2.05, 4.69) is 110 Å². The van der Waals surface area contributed by atoms with Crippen LogP contribution in [-0.2, 0) is 59.2 Å². The molecule has 20 bridgehead atoms. The minimum absolute atomic E-state index is 0.0210. The largest absolute Gasteiger partial charge is 0.507 e. The summed E-state index contributed by atoms with van der Waals surface area (Å²) < 4.78 is 13.4. The molecular formula is C81H87NO11S4. The lowest BCUT2D eigenvalue weighted by Crippen LogP contribution is -2.48. The van der Waals surface area contributed by atoms with E-state index < -0.39 is 45.6 Å². The minimum atomic E-state index is -1.09. The fourth-order valence-corrected chi connectivity index (χ4v) is 25.3. The van der Waals surface area contributed by atoms with Crippen LogP contribution in [0.4, 0.5) is 0 Å². The number of piperidine rings is 1. The van der Waals surface area contributed by atoms with Gasteiger partial charge in [-0.3, -0.25) is 9.59 Å². The molecule has 12 heterocycles. The molecule has 2 spiro atoms. The number of Topliss-reactive ketones (excluding diaryl/α,β-unsaturated/α-hetero) is 1. The standard InChI is InChI=1S/C81H87NO11S4/c1-43(2)28-52-36-57-60-42-95-96-66-33-48(41-82-73(66)51-13-7-12-47(31-51)32-56(60)74(52)88)30-45-10-6-11-46(29-45)34-67(87)80(23-4-3-5-24-80)53-19-16-44(17-20-53)40-81-61-21-18-50-35-49(14-8-25-83)54(22-26-84)55-37-58-69(71(61)68(50)55)59(79(81)91)38-64(62(85)15-9-27-94-97-81)92-78-70(58)63(86)39-65-72(78)75(89)76(90)77(57)93-65/h6-7,10-13,16-21,29,31,36-37,39,43,48-49,54,59,62,64,66,73,79,82-86,88,90-91H,3-5,8-9,14-15,22-28,30,32-35,38,40-42H2,1-2H3. The Morgan fingerprint density at radius 2 is 1.55 bits per heavy atom. The molecular weight excluding hydrogens is 1290 g/mol. The number of ketones is 1. The third kappa shape index (κ3) is 11.4. The van der Waals surface area contributed by atoms with Crippen molar-refractivity contribution >= 4 is 70.7 Å². The van der Waals surface area contributed by atoms with Crippen molar-refractivity contribution in [2.75, 3.05) is 25.5 Å². The van der Waals surface area contributed by atoms with Gasteiger partial charge in [0.05, 0.1) is 27.9 Å². The number of phenols is 2. The Hall–Kier alpha value is -5.92. The fourth-order valence-electron chi connectivity index (χ4n) is 18.9. The molecule has 22 rings (SSSR count). The maximum absolute atomic E-state index is 16.0. The number of ether oxygens (including phenoxy) is 1. The summed E-state index contributed by atoms with van der Waals surface area (Å²) in [5.74, 6) is 0.00767. The van der Waals surface area contributed by atoms with E-state index in [1.807, 2.05) is 16.9 Å². The molecule has 16 heteroatoms. The van der Waals surface area contributed by atoms with Crippen molar-refractivity contribution in [1.82, 2.24) is 5.32 Å². The first kappa shape index (κ1) is 65.7. The lowest BCUT2D eigenvalue weighted by atomic mass is 9.62. The maximum atomic E-state index is 16.0. The van der Waals surface area contributed by atoms with Crippen molar-refractivity contribution in [3.8, 4) is 45.4 Å². The van der Waals surface area contributed by atoms with Gasteiger partial charge in [0.2, 0.25) is 11.2 Å². The Labute approximate surface area is 583 Å². The molecule has 7 aromatic carbocycles. The molecule has 1 saturated carbocycles. The molecule has 8 N–H and O–H groups in total. The summed E-state index contributed by atoms with van der Waals surface area (Å²) in [7, 11) is 6.89. The predicted octanol–water partition coefficient (Wildman–Crippen LogP) is 15.7. The van der Waals surface area contributed by atoms with Crippen molar-refractivity contribution in [1.29, 1.82) is 0 Å². The second kappa shape index (κ2) is 26.6. The smallest absolute Gasteiger partial charge is 0.238 e. The van der Waals surface area contributed by atoms with E-state index in [1.54, 1.807) is 32.4 Å². The second-order valence-electron chi connectivity index (χ2n) is 29.9. The quantitative estimate of drug-likeness (QED) is 0.0698. The summed E-state index contributed by atoms with van der Waals surface area (Å²) in [6.45, 7) is 4.93. The summed E-state index contributed by atoms with van der Waals surface area (Å²) in [4.78, 5) is 31.5. The number of hydrogen-bond donors (Lipinski definition) is 8. The normalized spacial score (nSPS) is 26.6. The number of rotatable bonds is 7. The molecule has 97 heavy (non-hydrogen) atoms. The molecule has 1 aromatic heterocycles. The Bertz CT molecular complexity index is 4470. The molecule has 506 valence electrons. The van der Waals surface area contributed by atoms with Crippen molar-refractivity contribution in [3.05, 3.63) is 186 Å². The van der Waals surface area contributed by atoms with E-state index in [-0.39, 0.29) is 94.0 Å². The predicted molar refractivity (Wildman–Crippen MR) is 392 cm³/mol. The Morgan fingerprint density at radius 3 is 2.35 bits per heavy atom. The third-order valence-corrected chi connectivity index (χ3v) is 29.4. The van der Waals surface area contributed by atoms with Gasteiger partial charge in [0.1, 0.15) is 40.1 Å². The average molecular weight is 1380 g/mol. The van der Waals surface area contributed by atoms with Gasteiger partial charge < -0.3 is 50.2 Å². The van der Waals surface area contributed by atoms with E-state index in [9.17, 15) is 35.7 Å². The van der Waals surface area contributed by atoms with Crippen LogP contribution >= 0.6 is 43.2 Å². The molecule has 12 nitrogen and oxygen atoms in total. The fraction of sp³-hybridized carbons (Fsp3) is 0.457. The molecule has 3 fully saturated rings. The van der Waals surface area contributed by atoms with Gasteiger partial charge in [-0.25, -0.2) is 0 Å². The number of nitrogens with one attached hydrogen (secondary N) is 1. The number of phenolic OH excluding ortho intramolecular Hbond substituents is 2. The summed E-state index contributed by atoms with van der Waals surface area (Å²) >= 11 is 0. The SMILES string of the molecule is CC(C)Cc1cc2c3c(c1O)Cc1cccc(c1)C1NCC(Cc4cccc(c4)CC(=O)C4(CCCCC4)c4ccc(cc4)CC45SSCCCC(O)C6CC(c7c(cc8c9c(ccc4c79)CC(CCCO)C8CCO)-c4c(O)cc7oc-2c(O)c(=O)c7c4O6)C5O)CC1SSC3. The first-order valence-electron chi connectivity index (χ1n) is 35.6. The second-order valence-corrected chi connectivity index (χ2v) is 35.2. The van der Waals surface area contributed by atoms with Crippen LogP contribution in [0.1, 0.15) is 181 Å². The van der Waals surface area contributed by atoms with Gasteiger partial charge in [0, 0.05) is 72.0 Å². The molecule has 2 saturated heterocycles. The van der Waals surface area contributed by atoms with Crippen LogP contribution in [-0.4, -0.2) is 90.6 Å². The van der Waals surface area contributed by atoms with Gasteiger partial charge in [-0.05, 0) is 209 Å². The number of benzene rings is 7. The Morgan fingerprint density at radius 1 is 0.742 bits per heavy atom. The van der Waals surface area contributed by atoms with Crippen LogP contribution < -0.4 is 15.5 Å². The van der Waals surface area contributed by atoms with Crippen molar-refractivity contribution < 1.29 is 49.7 Å². The molecule has 0 amide bonds. The van der Waals surface area contributed by atoms with Gasteiger partial charge in [0.15, 0.2) is 5.76 Å². The molecule has 11 aliphatic heterocycles. The van der Waals surface area contributed by atoms with Gasteiger partial charge in [0.25, 0.3) is 0 Å². The lowest BCUT2D eigenvalue weighted by molar-refractivity contribution is -0.125. The Balaban J connectivity index is 0.962. The zero-order valence-electron chi connectivity index (χ0n) is 55.2. The molecule has 8 aromatic rings. The van der Waals surface area contributed by atoms with Gasteiger partial charge >= 0.3 is 0 Å².